The Labute approximate surface area is 167 Å². The lowest BCUT2D eigenvalue weighted by Gasteiger charge is -2.44. The van der Waals surface area contributed by atoms with Crippen molar-refractivity contribution in [2.24, 2.45) is 9.36 Å². The summed E-state index contributed by atoms with van der Waals surface area (Å²) in [6, 6.07) is 2.98. The Morgan fingerprint density at radius 3 is 2.71 bits per heavy atom. The molecule has 0 aliphatic carbocycles. The summed E-state index contributed by atoms with van der Waals surface area (Å²) in [5.41, 5.74) is -1.33. The molecule has 0 spiro atoms. The number of hydrogen-bond acceptors (Lipinski definition) is 6. The Kier molecular flexibility index (Phi) is 5.35. The van der Waals surface area contributed by atoms with Crippen LogP contribution in [0.4, 0.5) is 10.2 Å². The molecule has 0 aromatic carbocycles. The largest absolute Gasteiger partial charge is 0.360 e. The standard InChI is InChI=1S/C19H28FN5O2S/c1-17(2)16(21-11-26)25-19(5,13-9-10-22-28(13)17)15-12(20)7-8-14(23-15)24-18(3,4)27-6/h7-8,11,13H,9-10H2,1-6H3,(H,23,24)(H,21,25,26)/t13?,19-,28?/m0/s1. The predicted molar refractivity (Wildman–Crippen MR) is 110 cm³/mol. The fourth-order valence-corrected chi connectivity index (χ4v) is 6.46. The van der Waals surface area contributed by atoms with Crippen molar-refractivity contribution in [3.05, 3.63) is 23.6 Å². The van der Waals surface area contributed by atoms with E-state index in [0.29, 0.717) is 24.6 Å². The van der Waals surface area contributed by atoms with E-state index in [1.54, 1.807) is 13.2 Å². The van der Waals surface area contributed by atoms with Gasteiger partial charge in [0.05, 0.1) is 4.75 Å². The zero-order chi connectivity index (χ0) is 20.7. The highest BCUT2D eigenvalue weighted by molar-refractivity contribution is 7.90. The zero-order valence-corrected chi connectivity index (χ0v) is 18.0. The molecule has 1 aromatic heterocycles. The molecule has 1 aromatic rings. The molecular formula is C19H28FN5O2S. The first-order valence-electron chi connectivity index (χ1n) is 9.27. The molecule has 0 radical (unpaired) electrons. The van der Waals surface area contributed by atoms with Crippen LogP contribution in [-0.2, 0) is 25.8 Å². The Morgan fingerprint density at radius 2 is 2.07 bits per heavy atom. The fraction of sp³-hybridized carbons (Fsp3) is 0.632. The summed E-state index contributed by atoms with van der Waals surface area (Å²) in [5, 5.41) is 5.91. The molecule has 7 nitrogen and oxygen atoms in total. The van der Waals surface area contributed by atoms with Gasteiger partial charge in [-0.25, -0.2) is 9.37 Å². The van der Waals surface area contributed by atoms with Gasteiger partial charge in [-0.1, -0.05) is 10.7 Å². The molecule has 3 heterocycles. The van der Waals surface area contributed by atoms with Crippen LogP contribution in [0.1, 0.15) is 46.7 Å². The molecule has 0 saturated heterocycles. The number of methoxy groups -OCH3 is 1. The van der Waals surface area contributed by atoms with Crippen molar-refractivity contribution in [2.45, 2.75) is 62.3 Å². The molecule has 9 heteroatoms. The summed E-state index contributed by atoms with van der Waals surface area (Å²) in [7, 11) is 1.18. The Hall–Kier alpha value is -1.87. The van der Waals surface area contributed by atoms with Gasteiger partial charge in [-0.2, -0.15) is 0 Å². The molecule has 28 heavy (non-hydrogen) atoms. The van der Waals surface area contributed by atoms with Gasteiger partial charge in [0.15, 0.2) is 0 Å². The highest BCUT2D eigenvalue weighted by Gasteiger charge is 2.53. The van der Waals surface area contributed by atoms with Crippen LogP contribution in [0.2, 0.25) is 0 Å². The van der Waals surface area contributed by atoms with Gasteiger partial charge in [0.25, 0.3) is 0 Å². The molecule has 3 rings (SSSR count). The van der Waals surface area contributed by atoms with Crippen molar-refractivity contribution < 1.29 is 13.9 Å². The maximum Gasteiger partial charge on any atom is 0.212 e. The number of fused-ring (bicyclic) bond motifs is 1. The molecule has 2 aliphatic heterocycles. The lowest BCUT2D eigenvalue weighted by atomic mass is 9.89. The minimum atomic E-state index is -0.928. The number of nitrogens with one attached hydrogen (secondary N) is 2. The number of halogens is 1. The summed E-state index contributed by atoms with van der Waals surface area (Å²) in [4.78, 5) is 20.6. The molecule has 2 unspecified atom stereocenters. The van der Waals surface area contributed by atoms with Crippen LogP contribution in [0.5, 0.6) is 0 Å². The van der Waals surface area contributed by atoms with E-state index < -0.39 is 32.5 Å². The molecule has 0 saturated carbocycles. The topological polar surface area (TPSA) is 88.0 Å². The van der Waals surface area contributed by atoms with Crippen LogP contribution in [0, 0.1) is 5.82 Å². The van der Waals surface area contributed by atoms with Crippen LogP contribution >= 0.6 is 0 Å². The van der Waals surface area contributed by atoms with E-state index in [1.165, 1.54) is 6.07 Å². The number of nitrogens with zero attached hydrogens (tertiary/aromatic N) is 3. The number of pyridine rings is 1. The fourth-order valence-electron chi connectivity index (χ4n) is 3.72. The zero-order valence-electron chi connectivity index (χ0n) is 17.2. The highest BCUT2D eigenvalue weighted by atomic mass is 32.2. The third kappa shape index (κ3) is 3.45. The number of ether oxygens (including phenoxy) is 1. The third-order valence-electron chi connectivity index (χ3n) is 5.42. The summed E-state index contributed by atoms with van der Waals surface area (Å²) >= 11 is 0. The van der Waals surface area contributed by atoms with Crippen molar-refractivity contribution >= 4 is 28.8 Å². The van der Waals surface area contributed by atoms with Crippen LogP contribution in [0.25, 0.3) is 0 Å². The molecule has 1 amide bonds. The van der Waals surface area contributed by atoms with Crippen molar-refractivity contribution in [1.29, 1.82) is 0 Å². The highest BCUT2D eigenvalue weighted by Crippen LogP contribution is 2.45. The first kappa shape index (κ1) is 20.9. The van der Waals surface area contributed by atoms with Gasteiger partial charge in [-0.15, -0.1) is 0 Å². The maximum atomic E-state index is 15.0. The van der Waals surface area contributed by atoms with E-state index >= 15 is 0 Å². The van der Waals surface area contributed by atoms with Crippen molar-refractivity contribution in [3.63, 3.8) is 0 Å². The molecule has 2 aliphatic rings. The maximum absolute atomic E-state index is 15.0. The lowest BCUT2D eigenvalue weighted by Crippen LogP contribution is -2.57. The summed E-state index contributed by atoms with van der Waals surface area (Å²) < 4.78 is 24.7. The van der Waals surface area contributed by atoms with E-state index in [-0.39, 0.29) is 10.9 Å². The van der Waals surface area contributed by atoms with Crippen LogP contribution in [-0.4, -0.2) is 46.6 Å². The first-order chi connectivity index (χ1) is 13.0. The number of amidine groups is 1. The van der Waals surface area contributed by atoms with Crippen LogP contribution < -0.4 is 10.6 Å². The number of rotatable bonds is 5. The molecular weight excluding hydrogens is 381 g/mol. The SMILES string of the molecule is COC(C)(C)Nc1ccc(F)c([C@@]2(C)N=C(NC=O)C(C)(C)S3=NCCC32)n1. The Bertz CT molecular complexity index is 855. The van der Waals surface area contributed by atoms with E-state index in [2.05, 4.69) is 15.6 Å². The second kappa shape index (κ2) is 7.18. The number of anilines is 1. The van der Waals surface area contributed by atoms with Gasteiger partial charge < -0.3 is 15.4 Å². The van der Waals surface area contributed by atoms with Crippen molar-refractivity contribution in [3.8, 4) is 0 Å². The van der Waals surface area contributed by atoms with E-state index in [4.69, 9.17) is 14.1 Å². The normalized spacial score (nSPS) is 28.8. The number of hydrogen-bond donors (Lipinski definition) is 2. The smallest absolute Gasteiger partial charge is 0.212 e. The summed E-state index contributed by atoms with van der Waals surface area (Å²) in [6.07, 6.45) is 1.42. The minimum Gasteiger partial charge on any atom is -0.360 e. The minimum absolute atomic E-state index is 0.0207. The van der Waals surface area contributed by atoms with E-state index in [1.807, 2.05) is 34.6 Å². The molecule has 0 bridgehead atoms. The average molecular weight is 410 g/mol. The average Bonchev–Trinajstić information content (AvgIpc) is 3.13. The predicted octanol–water partition coefficient (Wildman–Crippen LogP) is 2.74. The number of carbonyl (C=O) groups excluding carboxylic acids is 1. The Balaban J connectivity index is 2.14. The van der Waals surface area contributed by atoms with Crippen molar-refractivity contribution in [1.82, 2.24) is 10.3 Å². The second-order valence-corrected chi connectivity index (χ2v) is 10.7. The number of amides is 1. The quantitative estimate of drug-likeness (QED) is 0.578. The van der Waals surface area contributed by atoms with Gasteiger partial charge >= 0.3 is 0 Å². The van der Waals surface area contributed by atoms with Crippen LogP contribution in [0.15, 0.2) is 21.5 Å². The van der Waals surface area contributed by atoms with Gasteiger partial charge in [-0.3, -0.25) is 14.1 Å². The summed E-state index contributed by atoms with van der Waals surface area (Å²) in [6.45, 7) is 10.4. The molecule has 154 valence electrons. The third-order valence-corrected chi connectivity index (χ3v) is 8.35. The number of aromatic nitrogens is 1. The molecule has 0 fully saturated rings. The van der Waals surface area contributed by atoms with Gasteiger partial charge in [-0.05, 0) is 53.2 Å². The number of aliphatic imine (C=N–C) groups is 1. The van der Waals surface area contributed by atoms with E-state index in [0.717, 1.165) is 6.42 Å². The Morgan fingerprint density at radius 1 is 1.36 bits per heavy atom. The molecule has 2 N–H and O–H groups in total. The van der Waals surface area contributed by atoms with E-state index in [9.17, 15) is 9.18 Å². The molecule has 3 atom stereocenters. The first-order valence-corrected chi connectivity index (χ1v) is 10.5. The van der Waals surface area contributed by atoms with Gasteiger partial charge in [0.2, 0.25) is 6.41 Å². The number of carbonyl (C=O) groups is 1. The van der Waals surface area contributed by atoms with Crippen LogP contribution in [0.3, 0.4) is 0 Å². The lowest BCUT2D eigenvalue weighted by molar-refractivity contribution is -0.108. The second-order valence-electron chi connectivity index (χ2n) is 8.19. The monoisotopic (exact) mass is 409 g/mol. The summed E-state index contributed by atoms with van der Waals surface area (Å²) in [5.74, 6) is 0.601. The van der Waals surface area contributed by atoms with Gasteiger partial charge in [0.1, 0.15) is 34.4 Å². The van der Waals surface area contributed by atoms with Gasteiger partial charge in [0, 0.05) is 18.9 Å². The van der Waals surface area contributed by atoms with Crippen molar-refractivity contribution in [2.75, 3.05) is 19.0 Å².